The summed E-state index contributed by atoms with van der Waals surface area (Å²) in [5.41, 5.74) is 4.54. The summed E-state index contributed by atoms with van der Waals surface area (Å²) < 4.78 is 0. The predicted molar refractivity (Wildman–Crippen MR) is 107 cm³/mol. The second kappa shape index (κ2) is 7.49. The minimum atomic E-state index is -0.246. The van der Waals surface area contributed by atoms with Crippen LogP contribution in [0.1, 0.15) is 37.5 Å². The van der Waals surface area contributed by atoms with E-state index < -0.39 is 0 Å². The summed E-state index contributed by atoms with van der Waals surface area (Å²) in [5, 5.41) is 4.07. The van der Waals surface area contributed by atoms with Gasteiger partial charge < -0.3 is 10.3 Å². The number of aromatic amines is 1. The predicted octanol–water partition coefficient (Wildman–Crippen LogP) is 4.18. The summed E-state index contributed by atoms with van der Waals surface area (Å²) in [5.74, 6) is 5.35. The van der Waals surface area contributed by atoms with E-state index in [1.54, 1.807) is 0 Å². The summed E-state index contributed by atoms with van der Waals surface area (Å²) >= 11 is 0. The van der Waals surface area contributed by atoms with Crippen molar-refractivity contribution in [1.82, 2.24) is 10.3 Å². The molecule has 1 aromatic heterocycles. The van der Waals surface area contributed by atoms with Gasteiger partial charge in [0.25, 0.3) is 5.91 Å². The molecule has 0 radical (unpaired) electrons. The number of H-pyrrole nitrogens is 1. The molecule has 3 heteroatoms. The van der Waals surface area contributed by atoms with Gasteiger partial charge >= 0.3 is 0 Å². The van der Waals surface area contributed by atoms with Gasteiger partial charge in [0.15, 0.2) is 0 Å². The van der Waals surface area contributed by atoms with Gasteiger partial charge in [-0.25, -0.2) is 0 Å². The Labute approximate surface area is 154 Å². The maximum absolute atomic E-state index is 11.9. The normalized spacial score (nSPS) is 11.0. The third-order valence-corrected chi connectivity index (χ3v) is 4.43. The quantitative estimate of drug-likeness (QED) is 0.688. The molecule has 0 unspecified atom stereocenters. The molecule has 0 aliphatic heterocycles. The van der Waals surface area contributed by atoms with E-state index >= 15 is 0 Å². The van der Waals surface area contributed by atoms with Crippen LogP contribution in [-0.4, -0.2) is 17.4 Å². The molecule has 0 fully saturated rings. The summed E-state index contributed by atoms with van der Waals surface area (Å²) in [7, 11) is 0. The van der Waals surface area contributed by atoms with Crippen LogP contribution >= 0.6 is 0 Å². The minimum Gasteiger partial charge on any atom is -0.361 e. The first-order valence-electron chi connectivity index (χ1n) is 8.89. The SMILES string of the molecule is CC(C)(C)c1ccc(C#CC(=O)NCCc2c[nH]c3ccccc23)cc1. The van der Waals surface area contributed by atoms with Crippen molar-refractivity contribution in [2.45, 2.75) is 32.6 Å². The zero-order valence-corrected chi connectivity index (χ0v) is 15.5. The second-order valence-corrected chi connectivity index (χ2v) is 7.44. The highest BCUT2D eigenvalue weighted by Crippen LogP contribution is 2.22. The van der Waals surface area contributed by atoms with Crippen molar-refractivity contribution in [3.63, 3.8) is 0 Å². The van der Waals surface area contributed by atoms with Gasteiger partial charge in [-0.3, -0.25) is 4.79 Å². The number of para-hydroxylation sites is 1. The Morgan fingerprint density at radius 1 is 1.08 bits per heavy atom. The molecule has 0 atom stereocenters. The van der Waals surface area contributed by atoms with Crippen LogP contribution in [0.2, 0.25) is 0 Å². The maximum Gasteiger partial charge on any atom is 0.296 e. The van der Waals surface area contributed by atoms with Gasteiger partial charge in [0, 0.05) is 35.1 Å². The highest BCUT2D eigenvalue weighted by Gasteiger charge is 2.12. The van der Waals surface area contributed by atoms with Crippen LogP contribution < -0.4 is 5.32 Å². The number of fused-ring (bicyclic) bond motifs is 1. The number of hydrogen-bond acceptors (Lipinski definition) is 1. The summed E-state index contributed by atoms with van der Waals surface area (Å²) in [6, 6.07) is 16.2. The van der Waals surface area contributed by atoms with Crippen molar-refractivity contribution in [3.8, 4) is 11.8 Å². The maximum atomic E-state index is 11.9. The Hall–Kier alpha value is -2.99. The van der Waals surface area contributed by atoms with Crippen molar-refractivity contribution in [2.75, 3.05) is 6.54 Å². The molecule has 2 N–H and O–H groups in total. The Bertz CT molecular complexity index is 963. The van der Waals surface area contributed by atoms with E-state index in [4.69, 9.17) is 0 Å². The molecule has 132 valence electrons. The molecule has 3 aromatic rings. The van der Waals surface area contributed by atoms with Gasteiger partial charge in [-0.15, -0.1) is 0 Å². The summed E-state index contributed by atoms with van der Waals surface area (Å²) in [4.78, 5) is 15.2. The lowest BCUT2D eigenvalue weighted by molar-refractivity contribution is -0.115. The number of hydrogen-bond donors (Lipinski definition) is 2. The molecule has 0 saturated carbocycles. The molecular formula is C23H24N2O. The number of aromatic nitrogens is 1. The van der Waals surface area contributed by atoms with Crippen molar-refractivity contribution >= 4 is 16.8 Å². The largest absolute Gasteiger partial charge is 0.361 e. The molecule has 3 nitrogen and oxygen atoms in total. The lowest BCUT2D eigenvalue weighted by Crippen LogP contribution is -2.23. The van der Waals surface area contributed by atoms with Crippen LogP contribution in [0.25, 0.3) is 10.9 Å². The monoisotopic (exact) mass is 344 g/mol. The van der Waals surface area contributed by atoms with E-state index in [-0.39, 0.29) is 11.3 Å². The molecule has 0 saturated heterocycles. The number of benzene rings is 2. The van der Waals surface area contributed by atoms with Crippen LogP contribution in [0.4, 0.5) is 0 Å². The van der Waals surface area contributed by atoms with Gasteiger partial charge in [-0.05, 0) is 41.2 Å². The fraction of sp³-hybridized carbons (Fsp3) is 0.261. The fourth-order valence-electron chi connectivity index (χ4n) is 2.88. The van der Waals surface area contributed by atoms with Gasteiger partial charge in [0.05, 0.1) is 0 Å². The molecule has 0 bridgehead atoms. The van der Waals surface area contributed by atoms with Crippen LogP contribution in [-0.2, 0) is 16.6 Å². The topological polar surface area (TPSA) is 44.9 Å². The van der Waals surface area contributed by atoms with Crippen molar-refractivity contribution in [2.24, 2.45) is 0 Å². The van der Waals surface area contributed by atoms with Gasteiger partial charge in [-0.2, -0.15) is 0 Å². The van der Waals surface area contributed by atoms with E-state index in [0.717, 1.165) is 17.5 Å². The third-order valence-electron chi connectivity index (χ3n) is 4.43. The first-order valence-corrected chi connectivity index (χ1v) is 8.89. The van der Waals surface area contributed by atoms with Gasteiger partial charge in [0.2, 0.25) is 0 Å². The molecule has 2 aromatic carbocycles. The zero-order chi connectivity index (χ0) is 18.6. The van der Waals surface area contributed by atoms with Crippen LogP contribution in [0.3, 0.4) is 0 Å². The Kier molecular flexibility index (Phi) is 5.14. The molecule has 26 heavy (non-hydrogen) atoms. The fourth-order valence-corrected chi connectivity index (χ4v) is 2.88. The lowest BCUT2D eigenvalue weighted by atomic mass is 9.87. The standard InChI is InChI=1S/C23H24N2O/c1-23(2,3)19-11-8-17(9-12-19)10-13-22(26)24-15-14-18-16-25-21-7-5-4-6-20(18)21/h4-9,11-12,16,25H,14-15H2,1-3H3,(H,24,26). The first-order chi connectivity index (χ1) is 12.4. The molecule has 0 aliphatic carbocycles. The molecule has 0 spiro atoms. The summed E-state index contributed by atoms with van der Waals surface area (Å²) in [6.07, 6.45) is 2.77. The van der Waals surface area contributed by atoms with E-state index in [9.17, 15) is 4.79 Å². The first kappa shape index (κ1) is 17.8. The minimum absolute atomic E-state index is 0.117. The van der Waals surface area contributed by atoms with Crippen molar-refractivity contribution < 1.29 is 4.79 Å². The van der Waals surface area contributed by atoms with Gasteiger partial charge in [0.1, 0.15) is 0 Å². The number of amides is 1. The molecular weight excluding hydrogens is 320 g/mol. The van der Waals surface area contributed by atoms with Crippen molar-refractivity contribution in [3.05, 3.63) is 71.4 Å². The van der Waals surface area contributed by atoms with Crippen LogP contribution in [0.15, 0.2) is 54.7 Å². The van der Waals surface area contributed by atoms with Crippen LogP contribution in [0, 0.1) is 11.8 Å². The van der Waals surface area contributed by atoms with Crippen LogP contribution in [0.5, 0.6) is 0 Å². The molecule has 1 amide bonds. The Morgan fingerprint density at radius 2 is 1.81 bits per heavy atom. The number of rotatable bonds is 3. The van der Waals surface area contributed by atoms with E-state index in [0.29, 0.717) is 6.54 Å². The Morgan fingerprint density at radius 3 is 2.54 bits per heavy atom. The number of carbonyl (C=O) groups excluding carboxylic acids is 1. The number of carbonyl (C=O) groups is 1. The lowest BCUT2D eigenvalue weighted by Gasteiger charge is -2.18. The number of nitrogens with one attached hydrogen (secondary N) is 2. The van der Waals surface area contributed by atoms with Gasteiger partial charge in [-0.1, -0.05) is 57.0 Å². The smallest absolute Gasteiger partial charge is 0.296 e. The zero-order valence-electron chi connectivity index (χ0n) is 15.5. The second-order valence-electron chi connectivity index (χ2n) is 7.44. The highest BCUT2D eigenvalue weighted by molar-refractivity contribution is 5.94. The van der Waals surface area contributed by atoms with E-state index in [1.165, 1.54) is 16.5 Å². The summed E-state index contributed by atoms with van der Waals surface area (Å²) in [6.45, 7) is 7.09. The highest BCUT2D eigenvalue weighted by atomic mass is 16.1. The molecule has 3 rings (SSSR count). The van der Waals surface area contributed by atoms with Crippen molar-refractivity contribution in [1.29, 1.82) is 0 Å². The van der Waals surface area contributed by atoms with E-state index in [1.807, 2.05) is 36.5 Å². The average molecular weight is 344 g/mol. The molecule has 1 heterocycles. The van der Waals surface area contributed by atoms with E-state index in [2.05, 4.69) is 61.1 Å². The average Bonchev–Trinajstić information content (AvgIpc) is 3.03. The Balaban J connectivity index is 1.54. The molecule has 0 aliphatic rings. The third kappa shape index (κ3) is 4.34.